The molecule has 0 amide bonds. The Balaban J connectivity index is 1.63. The highest BCUT2D eigenvalue weighted by atomic mass is 16.5. The Hall–Kier alpha value is -1.14. The van der Waals surface area contributed by atoms with Crippen LogP contribution in [0.25, 0.3) is 0 Å². The maximum atomic E-state index is 5.54. The number of hydrogen-bond acceptors (Lipinski definition) is 6. The SMILES string of the molecule is CCCNCc1nnc(NCCC2CCCO2)o1. The van der Waals surface area contributed by atoms with Crippen LogP contribution in [0.3, 0.4) is 0 Å². The molecule has 1 saturated heterocycles. The molecule has 1 atom stereocenters. The maximum Gasteiger partial charge on any atom is 0.315 e. The van der Waals surface area contributed by atoms with Gasteiger partial charge in [0.25, 0.3) is 0 Å². The predicted molar refractivity (Wildman–Crippen MR) is 68.4 cm³/mol. The molecule has 1 aliphatic heterocycles. The van der Waals surface area contributed by atoms with Gasteiger partial charge in [-0.3, -0.25) is 0 Å². The number of nitrogens with one attached hydrogen (secondary N) is 2. The van der Waals surface area contributed by atoms with Gasteiger partial charge in [-0.25, -0.2) is 0 Å². The minimum absolute atomic E-state index is 0.395. The van der Waals surface area contributed by atoms with Crippen LogP contribution in [-0.4, -0.2) is 36.0 Å². The molecule has 1 aromatic heterocycles. The van der Waals surface area contributed by atoms with Gasteiger partial charge in [-0.2, -0.15) is 0 Å². The molecule has 0 bridgehead atoms. The molecular weight excluding hydrogens is 232 g/mol. The lowest BCUT2D eigenvalue weighted by Crippen LogP contribution is -2.14. The van der Waals surface area contributed by atoms with E-state index in [1.165, 1.54) is 6.42 Å². The molecule has 6 heteroatoms. The Morgan fingerprint density at radius 2 is 2.28 bits per heavy atom. The third-order valence-corrected chi connectivity index (χ3v) is 2.94. The number of ether oxygens (including phenoxy) is 1. The average molecular weight is 254 g/mol. The van der Waals surface area contributed by atoms with Gasteiger partial charge in [0.05, 0.1) is 12.6 Å². The monoisotopic (exact) mass is 254 g/mol. The molecule has 1 unspecified atom stereocenters. The van der Waals surface area contributed by atoms with Crippen molar-refractivity contribution in [2.45, 2.75) is 45.3 Å². The molecule has 0 saturated carbocycles. The number of rotatable bonds is 8. The molecule has 6 nitrogen and oxygen atoms in total. The quantitative estimate of drug-likeness (QED) is 0.686. The highest BCUT2D eigenvalue weighted by molar-refractivity contribution is 5.16. The van der Waals surface area contributed by atoms with E-state index < -0.39 is 0 Å². The Morgan fingerprint density at radius 3 is 3.06 bits per heavy atom. The number of aromatic nitrogens is 2. The lowest BCUT2D eigenvalue weighted by molar-refractivity contribution is 0.107. The third-order valence-electron chi connectivity index (χ3n) is 2.94. The fourth-order valence-corrected chi connectivity index (χ4v) is 1.98. The summed E-state index contributed by atoms with van der Waals surface area (Å²) in [5.41, 5.74) is 0. The summed E-state index contributed by atoms with van der Waals surface area (Å²) in [5.74, 6) is 0.628. The van der Waals surface area contributed by atoms with E-state index in [4.69, 9.17) is 9.15 Å². The molecule has 2 N–H and O–H groups in total. The van der Waals surface area contributed by atoms with Crippen LogP contribution in [0.5, 0.6) is 0 Å². The maximum absolute atomic E-state index is 5.54. The van der Waals surface area contributed by atoms with Crippen molar-refractivity contribution in [1.29, 1.82) is 0 Å². The van der Waals surface area contributed by atoms with Gasteiger partial charge >= 0.3 is 6.01 Å². The Labute approximate surface area is 107 Å². The zero-order valence-corrected chi connectivity index (χ0v) is 10.9. The number of anilines is 1. The summed E-state index contributed by atoms with van der Waals surface area (Å²) < 4.78 is 11.0. The van der Waals surface area contributed by atoms with E-state index in [1.807, 2.05) is 0 Å². The summed E-state index contributed by atoms with van der Waals surface area (Å²) >= 11 is 0. The van der Waals surface area contributed by atoms with Crippen molar-refractivity contribution in [3.63, 3.8) is 0 Å². The normalized spacial score (nSPS) is 19.3. The molecule has 1 fully saturated rings. The van der Waals surface area contributed by atoms with Crippen LogP contribution < -0.4 is 10.6 Å². The molecule has 0 aliphatic carbocycles. The third kappa shape index (κ3) is 4.27. The Morgan fingerprint density at radius 1 is 1.33 bits per heavy atom. The van der Waals surface area contributed by atoms with Crippen LogP contribution in [0.1, 0.15) is 38.5 Å². The fourth-order valence-electron chi connectivity index (χ4n) is 1.98. The van der Waals surface area contributed by atoms with E-state index in [1.54, 1.807) is 0 Å². The highest BCUT2D eigenvalue weighted by Crippen LogP contribution is 2.15. The van der Waals surface area contributed by atoms with Crippen LogP contribution in [0, 0.1) is 0 Å². The largest absolute Gasteiger partial charge is 0.407 e. The first-order chi connectivity index (χ1) is 8.88. The van der Waals surface area contributed by atoms with Crippen molar-refractivity contribution in [2.24, 2.45) is 0 Å². The van der Waals surface area contributed by atoms with Crippen LogP contribution in [-0.2, 0) is 11.3 Å². The summed E-state index contributed by atoms with van der Waals surface area (Å²) in [5, 5.41) is 14.3. The zero-order valence-electron chi connectivity index (χ0n) is 10.9. The molecule has 1 aromatic rings. The number of hydrogen-bond donors (Lipinski definition) is 2. The molecule has 2 heterocycles. The molecule has 102 valence electrons. The minimum Gasteiger partial charge on any atom is -0.407 e. The van der Waals surface area contributed by atoms with Gasteiger partial charge in [0, 0.05) is 13.2 Å². The van der Waals surface area contributed by atoms with E-state index in [2.05, 4.69) is 27.8 Å². The molecule has 0 aromatic carbocycles. The second-order valence-corrected chi connectivity index (χ2v) is 4.53. The van der Waals surface area contributed by atoms with Crippen LogP contribution in [0.15, 0.2) is 4.42 Å². The first kappa shape index (κ1) is 13.3. The van der Waals surface area contributed by atoms with Gasteiger partial charge in [0.15, 0.2) is 0 Å². The van der Waals surface area contributed by atoms with Crippen LogP contribution in [0.4, 0.5) is 6.01 Å². The van der Waals surface area contributed by atoms with Gasteiger partial charge in [-0.05, 0) is 32.2 Å². The lowest BCUT2D eigenvalue weighted by Gasteiger charge is -2.08. The topological polar surface area (TPSA) is 72.2 Å². The predicted octanol–water partition coefficient (Wildman–Crippen LogP) is 1.55. The van der Waals surface area contributed by atoms with Crippen molar-refractivity contribution in [2.75, 3.05) is 25.0 Å². The standard InChI is InChI=1S/C12H22N4O2/c1-2-6-13-9-11-15-16-12(18-11)14-7-5-10-4-3-8-17-10/h10,13H,2-9H2,1H3,(H,14,16). The highest BCUT2D eigenvalue weighted by Gasteiger charge is 2.15. The first-order valence-electron chi connectivity index (χ1n) is 6.77. The molecule has 2 rings (SSSR count). The van der Waals surface area contributed by atoms with Crippen molar-refractivity contribution in [1.82, 2.24) is 15.5 Å². The Kier molecular flexibility index (Phi) is 5.41. The number of nitrogens with zero attached hydrogens (tertiary/aromatic N) is 2. The molecule has 18 heavy (non-hydrogen) atoms. The minimum atomic E-state index is 0.395. The van der Waals surface area contributed by atoms with Gasteiger partial charge in [0.2, 0.25) is 5.89 Å². The van der Waals surface area contributed by atoms with E-state index in [0.29, 0.717) is 24.6 Å². The summed E-state index contributed by atoms with van der Waals surface area (Å²) in [7, 11) is 0. The summed E-state index contributed by atoms with van der Waals surface area (Å²) in [6, 6.07) is 0.501. The molecule has 0 radical (unpaired) electrons. The van der Waals surface area contributed by atoms with Crippen LogP contribution >= 0.6 is 0 Å². The van der Waals surface area contributed by atoms with Gasteiger partial charge in [-0.15, -0.1) is 5.10 Å². The molecule has 1 aliphatic rings. The summed E-state index contributed by atoms with van der Waals surface area (Å²) in [6.07, 6.45) is 4.83. The van der Waals surface area contributed by atoms with E-state index in [-0.39, 0.29) is 0 Å². The smallest absolute Gasteiger partial charge is 0.315 e. The molecule has 0 spiro atoms. The van der Waals surface area contributed by atoms with Gasteiger partial charge in [-0.1, -0.05) is 12.0 Å². The van der Waals surface area contributed by atoms with E-state index in [9.17, 15) is 0 Å². The fraction of sp³-hybridized carbons (Fsp3) is 0.833. The first-order valence-corrected chi connectivity index (χ1v) is 6.77. The van der Waals surface area contributed by atoms with Crippen molar-refractivity contribution < 1.29 is 9.15 Å². The van der Waals surface area contributed by atoms with E-state index >= 15 is 0 Å². The van der Waals surface area contributed by atoms with E-state index in [0.717, 1.165) is 39.0 Å². The van der Waals surface area contributed by atoms with Crippen molar-refractivity contribution >= 4 is 6.01 Å². The van der Waals surface area contributed by atoms with Gasteiger partial charge in [0.1, 0.15) is 0 Å². The Bertz CT molecular complexity index is 337. The average Bonchev–Trinajstić information content (AvgIpc) is 3.01. The van der Waals surface area contributed by atoms with Gasteiger partial charge < -0.3 is 19.8 Å². The van der Waals surface area contributed by atoms with Crippen molar-refractivity contribution in [3.05, 3.63) is 5.89 Å². The summed E-state index contributed by atoms with van der Waals surface area (Å²) in [4.78, 5) is 0. The second-order valence-electron chi connectivity index (χ2n) is 4.53. The molecular formula is C12H22N4O2. The van der Waals surface area contributed by atoms with Crippen LogP contribution in [0.2, 0.25) is 0 Å². The second kappa shape index (κ2) is 7.33. The lowest BCUT2D eigenvalue weighted by atomic mass is 10.2. The summed E-state index contributed by atoms with van der Waals surface area (Å²) in [6.45, 7) is 5.43. The zero-order chi connectivity index (χ0) is 12.6. The van der Waals surface area contributed by atoms with Crippen molar-refractivity contribution in [3.8, 4) is 0 Å².